The molecule has 0 spiro atoms. The fourth-order valence-corrected chi connectivity index (χ4v) is 0.333. The number of carbonyl (C=O) groups excluding carboxylic acids is 1. The van der Waals surface area contributed by atoms with E-state index in [-0.39, 0.29) is 48.8 Å². The maximum absolute atomic E-state index is 10.2. The summed E-state index contributed by atoms with van der Waals surface area (Å²) in [4.78, 5) is 20.2. The molecule has 5 N–H and O–H groups in total. The summed E-state index contributed by atoms with van der Waals surface area (Å²) in [6.07, 6.45) is -0.425. The molecule has 0 rings (SSSR count). The molecule has 0 unspecified atom stereocenters. The molecule has 0 heterocycles. The van der Waals surface area contributed by atoms with Gasteiger partial charge in [0.1, 0.15) is 6.04 Å². The maximum Gasteiger partial charge on any atom is 4.00 e. The number of hydrogen-bond donors (Lipinski definition) is 4. The van der Waals surface area contributed by atoms with Crippen molar-refractivity contribution >= 4 is 11.9 Å². The largest absolute Gasteiger partial charge is 4.00 e. The zero-order valence-corrected chi connectivity index (χ0v) is 9.59. The van der Waals surface area contributed by atoms with E-state index < -0.39 is 24.3 Å². The van der Waals surface area contributed by atoms with Gasteiger partial charge in [-0.15, -0.1) is 0 Å². The van der Waals surface area contributed by atoms with Crippen LogP contribution in [0.2, 0.25) is 0 Å². The number of carboxylic acids is 1. The van der Waals surface area contributed by atoms with Crippen LogP contribution in [0.15, 0.2) is 0 Å². The van der Waals surface area contributed by atoms with E-state index in [1.54, 1.807) is 0 Å². The van der Waals surface area contributed by atoms with Crippen LogP contribution in [-0.4, -0.2) is 28.2 Å². The molecule has 0 aliphatic heterocycles. The van der Waals surface area contributed by atoms with E-state index in [0.29, 0.717) is 0 Å². The second kappa shape index (κ2) is 15.5. The monoisotopic (exact) mass is 285 g/mol. The summed E-state index contributed by atoms with van der Waals surface area (Å²) in [6.45, 7) is 0. The van der Waals surface area contributed by atoms with Crippen molar-refractivity contribution in [3.63, 3.8) is 0 Å². The molecule has 14 heavy (non-hydrogen) atoms. The first-order chi connectivity index (χ1) is 4.57. The molecule has 0 saturated carbocycles. The number of carboxylic acid groups (broad SMARTS) is 1. The molecule has 83 valence electrons. The average Bonchev–Trinajstić information content (AvgIpc) is 1.87. The van der Waals surface area contributed by atoms with Crippen molar-refractivity contribution in [2.24, 2.45) is 5.73 Å². The number of amides is 1. The van der Waals surface area contributed by atoms with Crippen LogP contribution in [0.3, 0.4) is 0 Å². The van der Waals surface area contributed by atoms with Gasteiger partial charge in [0.15, 0.2) is 0 Å². The van der Waals surface area contributed by atoms with Crippen LogP contribution in [0.4, 0.5) is 0 Å². The van der Waals surface area contributed by atoms with Crippen LogP contribution >= 0.6 is 0 Å². The van der Waals surface area contributed by atoms with Crippen molar-refractivity contribution in [1.82, 2.24) is 5.48 Å². The molecule has 0 bridgehead atoms. The Kier molecular flexibility index (Phi) is 32.2. The third kappa shape index (κ3) is 14.5. The van der Waals surface area contributed by atoms with Crippen LogP contribution < -0.4 is 36.0 Å². The zero-order valence-electron chi connectivity index (χ0n) is 6.68. The molecule has 10 heteroatoms. The van der Waals surface area contributed by atoms with E-state index in [1.807, 2.05) is 0 Å². The minimum atomic E-state index is -1.27. The summed E-state index contributed by atoms with van der Waals surface area (Å²) >= 11 is 0. The van der Waals surface area contributed by atoms with Crippen LogP contribution in [-0.2, 0) is 33.6 Å². The van der Waals surface area contributed by atoms with E-state index in [2.05, 4.69) is 0 Å². The normalized spacial score (nSPS) is 8.71. The Morgan fingerprint density at radius 3 is 1.93 bits per heavy atom. The Hall–Kier alpha value is -0.0156. The van der Waals surface area contributed by atoms with Gasteiger partial charge in [-0.2, -0.15) is 0 Å². The fraction of sp³-hybridized carbons (Fsp3) is 0.500. The fourth-order valence-electron chi connectivity index (χ4n) is 0.333. The molecule has 1 amide bonds. The predicted molar refractivity (Wildman–Crippen MR) is 30.8 cm³/mol. The summed E-state index contributed by atoms with van der Waals surface area (Å²) in [5.74, 6) is -2.08. The number of hydrogen-bond acceptors (Lipinski definition) is 4. The molecule has 0 aromatic heterocycles. The summed E-state index contributed by atoms with van der Waals surface area (Å²) in [5, 5.41) is 16.1. The molecule has 0 aliphatic carbocycles. The number of hydroxylamine groups is 1. The first-order valence-electron chi connectivity index (χ1n) is 2.49. The standard InChI is InChI=1S/C4H8N2O4.2ClH.O.V/c5-2(4(8)9)1-3(7)6-10;;;;/h2,10H,1,5H2,(H,6,7)(H,8,9);2*1H;;/q;;;-2;+4/p-2/t2-;;;;/m0..../s1. The number of carbonyl (C=O) groups is 2. The zero-order chi connectivity index (χ0) is 8.15. The molecule has 1 atom stereocenters. The van der Waals surface area contributed by atoms with Gasteiger partial charge in [0, 0.05) is 0 Å². The molecular formula is C4H8Cl2N2O5V. The summed E-state index contributed by atoms with van der Waals surface area (Å²) in [5.41, 5.74) is 6.19. The van der Waals surface area contributed by atoms with Crippen LogP contribution in [0.25, 0.3) is 0 Å². The third-order valence-electron chi connectivity index (χ3n) is 0.847. The minimum absolute atomic E-state index is 0. The number of nitrogens with two attached hydrogens (primary N) is 1. The quantitative estimate of drug-likeness (QED) is 0.301. The molecule has 0 aromatic carbocycles. The summed E-state index contributed by atoms with van der Waals surface area (Å²) < 4.78 is 0. The Morgan fingerprint density at radius 1 is 1.36 bits per heavy atom. The smallest absolute Gasteiger partial charge is 2.00 e. The van der Waals surface area contributed by atoms with Crippen LogP contribution in [0, 0.1) is 0 Å². The molecule has 0 aliphatic rings. The Morgan fingerprint density at radius 2 is 1.71 bits per heavy atom. The average molecular weight is 286 g/mol. The van der Waals surface area contributed by atoms with Crippen molar-refractivity contribution in [1.29, 1.82) is 0 Å². The molecule has 1 radical (unpaired) electrons. The third-order valence-corrected chi connectivity index (χ3v) is 0.847. The van der Waals surface area contributed by atoms with Gasteiger partial charge in [0.2, 0.25) is 5.91 Å². The number of nitrogens with one attached hydrogen (secondary N) is 1. The molecule has 0 fully saturated rings. The summed E-state index contributed by atoms with van der Waals surface area (Å²) in [7, 11) is 0. The van der Waals surface area contributed by atoms with Crippen LogP contribution in [0.1, 0.15) is 6.42 Å². The summed E-state index contributed by atoms with van der Waals surface area (Å²) in [6, 6.07) is -1.26. The molecule has 0 aromatic rings. The Bertz CT molecular complexity index is 161. The van der Waals surface area contributed by atoms with Crippen molar-refractivity contribution < 1.29 is 68.7 Å². The molecule has 7 nitrogen and oxygen atoms in total. The van der Waals surface area contributed by atoms with Gasteiger partial charge in [-0.25, -0.2) is 5.48 Å². The topological polar surface area (TPSA) is 141 Å². The molecular weight excluding hydrogens is 278 g/mol. The van der Waals surface area contributed by atoms with E-state index in [1.165, 1.54) is 5.48 Å². The van der Waals surface area contributed by atoms with Gasteiger partial charge < -0.3 is 41.1 Å². The van der Waals surface area contributed by atoms with Gasteiger partial charge in [-0.05, 0) is 0 Å². The van der Waals surface area contributed by atoms with Crippen molar-refractivity contribution in [2.45, 2.75) is 12.5 Å². The first-order valence-corrected chi connectivity index (χ1v) is 2.49. The van der Waals surface area contributed by atoms with Crippen molar-refractivity contribution in [2.75, 3.05) is 0 Å². The maximum atomic E-state index is 10.2. The number of halogens is 2. The van der Waals surface area contributed by atoms with Crippen molar-refractivity contribution in [3.05, 3.63) is 0 Å². The first kappa shape index (κ1) is 29.2. The molecule has 0 saturated heterocycles. The Labute approximate surface area is 104 Å². The van der Waals surface area contributed by atoms with Gasteiger partial charge in [-0.3, -0.25) is 14.8 Å². The van der Waals surface area contributed by atoms with Crippen LogP contribution in [0.5, 0.6) is 0 Å². The Balaban J connectivity index is -0.0000000675. The van der Waals surface area contributed by atoms with Gasteiger partial charge in [0.05, 0.1) is 6.42 Å². The van der Waals surface area contributed by atoms with Crippen molar-refractivity contribution in [3.8, 4) is 0 Å². The minimum Gasteiger partial charge on any atom is -2.00 e. The second-order valence-corrected chi connectivity index (χ2v) is 1.68. The van der Waals surface area contributed by atoms with Gasteiger partial charge in [-0.1, -0.05) is 0 Å². The second-order valence-electron chi connectivity index (χ2n) is 1.68. The van der Waals surface area contributed by atoms with Gasteiger partial charge in [0.25, 0.3) is 0 Å². The van der Waals surface area contributed by atoms with E-state index in [4.69, 9.17) is 16.0 Å². The SMILES string of the molecule is N[C@@H](CC(=O)NO)C(=O)O.[Cl-].[Cl-].[O-2].[V+4]. The van der Waals surface area contributed by atoms with Gasteiger partial charge >= 0.3 is 24.5 Å². The van der Waals surface area contributed by atoms with E-state index in [9.17, 15) is 9.59 Å². The number of rotatable bonds is 3. The van der Waals surface area contributed by atoms with E-state index in [0.717, 1.165) is 0 Å². The predicted octanol–water partition coefficient (Wildman–Crippen LogP) is -7.82. The van der Waals surface area contributed by atoms with E-state index >= 15 is 0 Å². The number of aliphatic carboxylic acids is 1.